The van der Waals surface area contributed by atoms with Gasteiger partial charge < -0.3 is 19.1 Å². The molecule has 1 N–H and O–H groups in total. The van der Waals surface area contributed by atoms with Crippen LogP contribution in [0.15, 0.2) is 47.6 Å². The third kappa shape index (κ3) is 5.18. The number of ether oxygens (including phenoxy) is 1. The fourth-order valence-corrected chi connectivity index (χ4v) is 2.56. The SMILES string of the molecule is Cc1ccc(OCc2cc(C(=O)N[C@@H](Cn3ccnc3)C(C)(C)C)no2)cn1. The highest BCUT2D eigenvalue weighted by Crippen LogP contribution is 2.21. The number of nitrogens with zero attached hydrogens (tertiary/aromatic N) is 4. The molecule has 3 aromatic rings. The van der Waals surface area contributed by atoms with E-state index in [-0.39, 0.29) is 29.7 Å². The molecule has 0 bridgehead atoms. The van der Waals surface area contributed by atoms with Crippen molar-refractivity contribution in [1.29, 1.82) is 0 Å². The Morgan fingerprint density at radius 3 is 2.82 bits per heavy atom. The first-order valence-corrected chi connectivity index (χ1v) is 9.09. The van der Waals surface area contributed by atoms with Crippen LogP contribution in [-0.2, 0) is 13.2 Å². The van der Waals surface area contributed by atoms with Crippen LogP contribution in [0.3, 0.4) is 0 Å². The summed E-state index contributed by atoms with van der Waals surface area (Å²) in [5.41, 5.74) is 0.990. The Bertz CT molecular complexity index is 895. The third-order valence-corrected chi connectivity index (χ3v) is 4.36. The van der Waals surface area contributed by atoms with Gasteiger partial charge in [-0.1, -0.05) is 25.9 Å². The molecule has 0 saturated carbocycles. The fourth-order valence-electron chi connectivity index (χ4n) is 2.56. The molecule has 148 valence electrons. The first-order chi connectivity index (χ1) is 13.3. The molecule has 0 unspecified atom stereocenters. The van der Waals surface area contributed by atoms with E-state index in [1.807, 2.05) is 29.8 Å². The van der Waals surface area contributed by atoms with Gasteiger partial charge in [-0.05, 0) is 24.5 Å². The predicted molar refractivity (Wildman–Crippen MR) is 103 cm³/mol. The summed E-state index contributed by atoms with van der Waals surface area (Å²) < 4.78 is 12.8. The van der Waals surface area contributed by atoms with E-state index in [1.54, 1.807) is 24.8 Å². The molecule has 0 aromatic carbocycles. The van der Waals surface area contributed by atoms with Gasteiger partial charge in [0, 0.05) is 30.7 Å². The predicted octanol–water partition coefficient (Wildman–Crippen LogP) is 3.00. The Labute approximate surface area is 163 Å². The molecule has 0 radical (unpaired) electrons. The lowest BCUT2D eigenvalue weighted by atomic mass is 9.86. The van der Waals surface area contributed by atoms with E-state index in [4.69, 9.17) is 9.26 Å². The molecule has 1 amide bonds. The van der Waals surface area contributed by atoms with Crippen molar-refractivity contribution in [2.24, 2.45) is 5.41 Å². The first kappa shape index (κ1) is 19.6. The summed E-state index contributed by atoms with van der Waals surface area (Å²) in [7, 11) is 0. The van der Waals surface area contributed by atoms with Crippen molar-refractivity contribution < 1.29 is 14.1 Å². The second-order valence-corrected chi connectivity index (χ2v) is 7.75. The number of aryl methyl sites for hydroxylation is 1. The van der Waals surface area contributed by atoms with Gasteiger partial charge in [0.1, 0.15) is 12.4 Å². The number of amides is 1. The normalized spacial score (nSPS) is 12.6. The lowest BCUT2D eigenvalue weighted by Gasteiger charge is -2.31. The van der Waals surface area contributed by atoms with E-state index in [2.05, 4.69) is 41.2 Å². The lowest BCUT2D eigenvalue weighted by Crippen LogP contribution is -2.46. The van der Waals surface area contributed by atoms with Gasteiger partial charge in [0.15, 0.2) is 11.5 Å². The number of carbonyl (C=O) groups excluding carboxylic acids is 1. The second-order valence-electron chi connectivity index (χ2n) is 7.75. The van der Waals surface area contributed by atoms with Gasteiger partial charge in [-0.3, -0.25) is 9.78 Å². The number of aromatic nitrogens is 4. The van der Waals surface area contributed by atoms with Crippen LogP contribution in [0.1, 0.15) is 42.7 Å². The molecule has 3 aromatic heterocycles. The highest BCUT2D eigenvalue weighted by atomic mass is 16.5. The highest BCUT2D eigenvalue weighted by molar-refractivity contribution is 5.92. The third-order valence-electron chi connectivity index (χ3n) is 4.36. The fraction of sp³-hybridized carbons (Fsp3) is 0.400. The molecule has 0 aliphatic rings. The van der Waals surface area contributed by atoms with Crippen LogP contribution in [-0.4, -0.2) is 31.6 Å². The van der Waals surface area contributed by atoms with Crippen molar-refractivity contribution in [3.05, 3.63) is 60.3 Å². The lowest BCUT2D eigenvalue weighted by molar-refractivity contribution is 0.0883. The van der Waals surface area contributed by atoms with Gasteiger partial charge >= 0.3 is 0 Å². The van der Waals surface area contributed by atoms with Crippen molar-refractivity contribution in [1.82, 2.24) is 25.0 Å². The van der Waals surface area contributed by atoms with Crippen LogP contribution in [0.5, 0.6) is 5.75 Å². The zero-order valence-electron chi connectivity index (χ0n) is 16.5. The van der Waals surface area contributed by atoms with Gasteiger partial charge in [-0.25, -0.2) is 4.98 Å². The van der Waals surface area contributed by atoms with Crippen molar-refractivity contribution >= 4 is 5.91 Å². The molecule has 1 atom stereocenters. The van der Waals surface area contributed by atoms with Crippen LogP contribution in [0.25, 0.3) is 0 Å². The summed E-state index contributed by atoms with van der Waals surface area (Å²) in [6.07, 6.45) is 6.96. The molecule has 28 heavy (non-hydrogen) atoms. The number of rotatable bonds is 7. The Morgan fingerprint density at radius 2 is 2.18 bits per heavy atom. The van der Waals surface area contributed by atoms with E-state index in [9.17, 15) is 4.79 Å². The topological polar surface area (TPSA) is 95.1 Å². The van der Waals surface area contributed by atoms with Gasteiger partial charge in [0.05, 0.1) is 18.6 Å². The van der Waals surface area contributed by atoms with E-state index < -0.39 is 0 Å². The average Bonchev–Trinajstić information content (AvgIpc) is 3.31. The molecule has 3 heterocycles. The molecule has 0 spiro atoms. The molecular formula is C20H25N5O3. The van der Waals surface area contributed by atoms with Gasteiger partial charge in [-0.15, -0.1) is 0 Å². The quantitative estimate of drug-likeness (QED) is 0.674. The van der Waals surface area contributed by atoms with Crippen molar-refractivity contribution in [3.8, 4) is 5.75 Å². The van der Waals surface area contributed by atoms with Gasteiger partial charge in [-0.2, -0.15) is 0 Å². The summed E-state index contributed by atoms with van der Waals surface area (Å²) in [6.45, 7) is 8.92. The Hall–Kier alpha value is -3.16. The average molecular weight is 383 g/mol. The molecule has 0 aliphatic carbocycles. The highest BCUT2D eigenvalue weighted by Gasteiger charge is 2.28. The van der Waals surface area contributed by atoms with Crippen LogP contribution in [0.2, 0.25) is 0 Å². The van der Waals surface area contributed by atoms with E-state index >= 15 is 0 Å². The molecule has 8 heteroatoms. The van der Waals surface area contributed by atoms with E-state index in [0.29, 0.717) is 18.1 Å². The Balaban J connectivity index is 1.61. The second kappa shape index (κ2) is 8.24. The number of imidazole rings is 1. The maximum atomic E-state index is 12.6. The van der Waals surface area contributed by atoms with Gasteiger partial charge in [0.25, 0.3) is 5.91 Å². The van der Waals surface area contributed by atoms with Crippen molar-refractivity contribution in [3.63, 3.8) is 0 Å². The number of nitrogens with one attached hydrogen (secondary N) is 1. The number of carbonyl (C=O) groups is 1. The monoisotopic (exact) mass is 383 g/mol. The molecule has 0 aliphatic heterocycles. The first-order valence-electron chi connectivity index (χ1n) is 9.09. The molecule has 0 saturated heterocycles. The molecule has 3 rings (SSSR count). The Kier molecular flexibility index (Phi) is 5.77. The zero-order chi connectivity index (χ0) is 20.1. The number of hydrogen-bond donors (Lipinski definition) is 1. The van der Waals surface area contributed by atoms with Crippen LogP contribution in [0, 0.1) is 12.3 Å². The summed E-state index contributed by atoms with van der Waals surface area (Å²) >= 11 is 0. The van der Waals surface area contributed by atoms with Crippen LogP contribution < -0.4 is 10.1 Å². The van der Waals surface area contributed by atoms with E-state index in [1.165, 1.54) is 0 Å². The molecular weight excluding hydrogens is 358 g/mol. The van der Waals surface area contributed by atoms with E-state index in [0.717, 1.165) is 5.69 Å². The van der Waals surface area contributed by atoms with Crippen LogP contribution >= 0.6 is 0 Å². The maximum Gasteiger partial charge on any atom is 0.273 e. The Morgan fingerprint density at radius 1 is 1.36 bits per heavy atom. The summed E-state index contributed by atoms with van der Waals surface area (Å²) in [5.74, 6) is 0.806. The standard InChI is InChI=1S/C20H25N5O3/c1-14-5-6-15(10-22-14)27-12-16-9-17(24-28-16)19(26)23-18(20(2,3)4)11-25-8-7-21-13-25/h5-10,13,18H,11-12H2,1-4H3,(H,23,26)/t18-/m0/s1. The molecule has 8 nitrogen and oxygen atoms in total. The minimum Gasteiger partial charge on any atom is -0.484 e. The largest absolute Gasteiger partial charge is 0.484 e. The summed E-state index contributed by atoms with van der Waals surface area (Å²) in [6, 6.07) is 5.18. The zero-order valence-corrected chi connectivity index (χ0v) is 16.5. The number of pyridine rings is 1. The molecule has 0 fully saturated rings. The number of hydrogen-bond acceptors (Lipinski definition) is 6. The summed E-state index contributed by atoms with van der Waals surface area (Å²) in [5, 5.41) is 6.92. The minimum atomic E-state index is -0.285. The maximum absolute atomic E-state index is 12.6. The van der Waals surface area contributed by atoms with Crippen molar-refractivity contribution in [2.45, 2.75) is 46.9 Å². The van der Waals surface area contributed by atoms with Gasteiger partial charge in [0.2, 0.25) is 0 Å². The summed E-state index contributed by atoms with van der Waals surface area (Å²) in [4.78, 5) is 20.9. The van der Waals surface area contributed by atoms with Crippen LogP contribution in [0.4, 0.5) is 0 Å². The smallest absolute Gasteiger partial charge is 0.273 e. The minimum absolute atomic E-state index is 0.107. The van der Waals surface area contributed by atoms with Crippen molar-refractivity contribution in [2.75, 3.05) is 0 Å².